The largest absolute Gasteiger partial charge is 0.311 e. The Hall–Kier alpha value is -2.12. The molecule has 0 aliphatic carbocycles. The number of hydrogen-bond acceptors (Lipinski definition) is 3. The molecule has 4 heteroatoms. The maximum atomic E-state index is 8.93. The Morgan fingerprint density at radius 2 is 2.18 bits per heavy atom. The van der Waals surface area contributed by atoms with E-state index in [-0.39, 0.29) is 0 Å². The predicted molar refractivity (Wildman–Crippen MR) is 65.1 cm³/mol. The molecule has 2 rings (SSSR count). The van der Waals surface area contributed by atoms with Crippen molar-refractivity contribution in [3.8, 4) is 6.07 Å². The summed E-state index contributed by atoms with van der Waals surface area (Å²) in [5.41, 5.74) is 1.77. The maximum Gasteiger partial charge on any atom is 0.0995 e. The molecule has 0 saturated carbocycles. The smallest absolute Gasteiger partial charge is 0.0995 e. The van der Waals surface area contributed by atoms with Crippen molar-refractivity contribution in [1.29, 1.82) is 5.26 Å². The molecule has 0 atom stereocenters. The molecule has 0 fully saturated rings. The van der Waals surface area contributed by atoms with Crippen molar-refractivity contribution >= 4 is 0 Å². The van der Waals surface area contributed by atoms with Gasteiger partial charge in [0, 0.05) is 25.5 Å². The summed E-state index contributed by atoms with van der Waals surface area (Å²) in [6.45, 7) is 2.38. The van der Waals surface area contributed by atoms with E-state index in [4.69, 9.17) is 5.26 Å². The van der Waals surface area contributed by atoms with E-state index in [1.54, 1.807) is 6.20 Å². The molecule has 0 radical (unpaired) electrons. The lowest BCUT2D eigenvalue weighted by Crippen LogP contribution is -2.20. The first-order valence-corrected chi connectivity index (χ1v) is 5.56. The summed E-state index contributed by atoms with van der Waals surface area (Å²) in [5.74, 6) is 0. The minimum atomic E-state index is 0.713. The molecule has 2 aromatic rings. The van der Waals surface area contributed by atoms with Crippen molar-refractivity contribution < 1.29 is 0 Å². The predicted octanol–water partition coefficient (Wildman–Crippen LogP) is 1.54. The highest BCUT2D eigenvalue weighted by molar-refractivity contribution is 5.37. The van der Waals surface area contributed by atoms with E-state index in [9.17, 15) is 0 Å². The third-order valence-electron chi connectivity index (χ3n) is 2.53. The fourth-order valence-corrected chi connectivity index (χ4v) is 1.63. The lowest BCUT2D eigenvalue weighted by molar-refractivity contribution is 0.554. The Morgan fingerprint density at radius 1 is 1.29 bits per heavy atom. The van der Waals surface area contributed by atoms with E-state index in [1.807, 2.05) is 41.2 Å². The third-order valence-corrected chi connectivity index (χ3v) is 2.53. The topological polar surface area (TPSA) is 53.6 Å². The fourth-order valence-electron chi connectivity index (χ4n) is 1.63. The van der Waals surface area contributed by atoms with Gasteiger partial charge in [-0.25, -0.2) is 0 Å². The number of nitrogens with zero attached hydrogens (tertiary/aromatic N) is 3. The molecule has 86 valence electrons. The van der Waals surface area contributed by atoms with Crippen LogP contribution < -0.4 is 5.32 Å². The molecule has 0 unspecified atom stereocenters. The minimum absolute atomic E-state index is 0.713. The molecule has 0 aliphatic rings. The SMILES string of the molecule is N#Cc1ccccc1CNCCn1cccn1. The molecule has 0 bridgehead atoms. The number of aromatic nitrogens is 2. The summed E-state index contributed by atoms with van der Waals surface area (Å²) in [4.78, 5) is 0. The molecule has 17 heavy (non-hydrogen) atoms. The first kappa shape index (κ1) is 11.4. The van der Waals surface area contributed by atoms with Crippen molar-refractivity contribution in [3.63, 3.8) is 0 Å². The van der Waals surface area contributed by atoms with Crippen LogP contribution in [0.15, 0.2) is 42.7 Å². The van der Waals surface area contributed by atoms with Gasteiger partial charge in [0.25, 0.3) is 0 Å². The molecule has 1 N–H and O–H groups in total. The van der Waals surface area contributed by atoms with Gasteiger partial charge >= 0.3 is 0 Å². The highest BCUT2D eigenvalue weighted by Crippen LogP contribution is 2.06. The second-order valence-electron chi connectivity index (χ2n) is 3.71. The van der Waals surface area contributed by atoms with Gasteiger partial charge in [-0.15, -0.1) is 0 Å². The zero-order chi connectivity index (χ0) is 11.9. The van der Waals surface area contributed by atoms with Gasteiger partial charge in [-0.1, -0.05) is 18.2 Å². The van der Waals surface area contributed by atoms with Crippen LogP contribution in [0, 0.1) is 11.3 Å². The van der Waals surface area contributed by atoms with Crippen LogP contribution >= 0.6 is 0 Å². The molecule has 0 spiro atoms. The van der Waals surface area contributed by atoms with Crippen molar-refractivity contribution in [3.05, 3.63) is 53.9 Å². The van der Waals surface area contributed by atoms with Gasteiger partial charge in [-0.2, -0.15) is 10.4 Å². The molecule has 0 saturated heterocycles. The van der Waals surface area contributed by atoms with Crippen LogP contribution in [0.5, 0.6) is 0 Å². The summed E-state index contributed by atoms with van der Waals surface area (Å²) in [7, 11) is 0. The molecule has 1 heterocycles. The number of rotatable bonds is 5. The number of hydrogen-bond donors (Lipinski definition) is 1. The van der Waals surface area contributed by atoms with Crippen LogP contribution in [-0.4, -0.2) is 16.3 Å². The van der Waals surface area contributed by atoms with E-state index in [2.05, 4.69) is 16.5 Å². The molecular formula is C13H14N4. The van der Waals surface area contributed by atoms with Crippen LogP contribution in [-0.2, 0) is 13.1 Å². The van der Waals surface area contributed by atoms with E-state index < -0.39 is 0 Å². The quantitative estimate of drug-likeness (QED) is 0.787. The van der Waals surface area contributed by atoms with Gasteiger partial charge in [0.15, 0.2) is 0 Å². The van der Waals surface area contributed by atoms with Gasteiger partial charge < -0.3 is 5.32 Å². The fraction of sp³-hybridized carbons (Fsp3) is 0.231. The van der Waals surface area contributed by atoms with E-state index in [0.29, 0.717) is 6.54 Å². The second kappa shape index (κ2) is 5.83. The molecule has 0 aliphatic heterocycles. The van der Waals surface area contributed by atoms with Crippen LogP contribution in [0.1, 0.15) is 11.1 Å². The van der Waals surface area contributed by atoms with Crippen molar-refractivity contribution in [2.24, 2.45) is 0 Å². The lowest BCUT2D eigenvalue weighted by Gasteiger charge is -2.06. The second-order valence-corrected chi connectivity index (χ2v) is 3.71. The van der Waals surface area contributed by atoms with Gasteiger partial charge in [-0.3, -0.25) is 4.68 Å². The van der Waals surface area contributed by atoms with Gasteiger partial charge in [0.2, 0.25) is 0 Å². The average Bonchev–Trinajstić information content (AvgIpc) is 2.88. The molecule has 4 nitrogen and oxygen atoms in total. The zero-order valence-electron chi connectivity index (χ0n) is 9.50. The Bertz CT molecular complexity index is 496. The minimum Gasteiger partial charge on any atom is -0.311 e. The number of nitrogens with one attached hydrogen (secondary N) is 1. The van der Waals surface area contributed by atoms with Crippen molar-refractivity contribution in [1.82, 2.24) is 15.1 Å². The average molecular weight is 226 g/mol. The summed E-state index contributed by atoms with van der Waals surface area (Å²) < 4.78 is 1.88. The van der Waals surface area contributed by atoms with Crippen LogP contribution in [0.2, 0.25) is 0 Å². The highest BCUT2D eigenvalue weighted by atomic mass is 15.3. The third kappa shape index (κ3) is 3.16. The van der Waals surface area contributed by atoms with Crippen LogP contribution in [0.3, 0.4) is 0 Å². The molecule has 1 aromatic heterocycles. The van der Waals surface area contributed by atoms with Crippen LogP contribution in [0.25, 0.3) is 0 Å². The summed E-state index contributed by atoms with van der Waals surface area (Å²) in [6.07, 6.45) is 3.70. The standard InChI is InChI=1S/C13H14N4/c14-10-12-4-1-2-5-13(12)11-15-7-9-17-8-3-6-16-17/h1-6,8,15H,7,9,11H2. The van der Waals surface area contributed by atoms with E-state index >= 15 is 0 Å². The Kier molecular flexibility index (Phi) is 3.90. The van der Waals surface area contributed by atoms with E-state index in [0.717, 1.165) is 24.2 Å². The van der Waals surface area contributed by atoms with Crippen LogP contribution in [0.4, 0.5) is 0 Å². The first-order chi connectivity index (χ1) is 8.40. The molecule has 1 aromatic carbocycles. The maximum absolute atomic E-state index is 8.93. The molecular weight excluding hydrogens is 212 g/mol. The number of benzene rings is 1. The first-order valence-electron chi connectivity index (χ1n) is 5.56. The normalized spacial score (nSPS) is 10.1. The highest BCUT2D eigenvalue weighted by Gasteiger charge is 1.99. The van der Waals surface area contributed by atoms with Crippen molar-refractivity contribution in [2.75, 3.05) is 6.54 Å². The lowest BCUT2D eigenvalue weighted by atomic mass is 10.1. The Balaban J connectivity index is 1.80. The van der Waals surface area contributed by atoms with Gasteiger partial charge in [-0.05, 0) is 17.7 Å². The van der Waals surface area contributed by atoms with E-state index in [1.165, 1.54) is 0 Å². The summed E-state index contributed by atoms with van der Waals surface area (Å²) in [5, 5.41) is 16.4. The Morgan fingerprint density at radius 3 is 2.94 bits per heavy atom. The van der Waals surface area contributed by atoms with Crippen molar-refractivity contribution in [2.45, 2.75) is 13.1 Å². The zero-order valence-corrected chi connectivity index (χ0v) is 9.50. The summed E-state index contributed by atoms with van der Waals surface area (Å²) in [6, 6.07) is 11.7. The monoisotopic (exact) mass is 226 g/mol. The summed E-state index contributed by atoms with van der Waals surface area (Å²) >= 11 is 0. The molecule has 0 amide bonds. The van der Waals surface area contributed by atoms with Gasteiger partial charge in [0.05, 0.1) is 18.2 Å². The Labute approximate surface area is 100 Å². The number of nitriles is 1. The van der Waals surface area contributed by atoms with Gasteiger partial charge in [0.1, 0.15) is 0 Å².